The number of ether oxygens (including phenoxy) is 2. The Bertz CT molecular complexity index is 447. The van der Waals surface area contributed by atoms with Crippen LogP contribution in [0, 0.1) is 0 Å². The Hall–Kier alpha value is -1.48. The predicted molar refractivity (Wildman–Crippen MR) is 66.9 cm³/mol. The summed E-state index contributed by atoms with van der Waals surface area (Å²) in [5.74, 6) is 1.89. The first-order valence-electron chi connectivity index (χ1n) is 5.80. The van der Waals surface area contributed by atoms with Crippen molar-refractivity contribution in [1.29, 1.82) is 0 Å². The summed E-state index contributed by atoms with van der Waals surface area (Å²) in [6.45, 7) is 4.73. The van der Waals surface area contributed by atoms with Crippen LogP contribution in [-0.2, 0) is 11.3 Å². The molecule has 3 nitrogen and oxygen atoms in total. The van der Waals surface area contributed by atoms with E-state index in [1.54, 1.807) is 7.11 Å². The second-order valence-electron chi connectivity index (χ2n) is 4.51. The zero-order valence-corrected chi connectivity index (χ0v) is 10.5. The van der Waals surface area contributed by atoms with E-state index < -0.39 is 0 Å². The maximum absolute atomic E-state index is 9.09. The fourth-order valence-corrected chi connectivity index (χ4v) is 1.96. The largest absolute Gasteiger partial charge is 0.496 e. The van der Waals surface area contributed by atoms with E-state index >= 15 is 0 Å². The molecule has 1 aromatic carbocycles. The molecule has 1 aliphatic rings. The van der Waals surface area contributed by atoms with Crippen molar-refractivity contribution in [3.05, 3.63) is 34.6 Å². The smallest absolute Gasteiger partial charge is 0.126 e. The second kappa shape index (κ2) is 4.80. The van der Waals surface area contributed by atoms with E-state index in [0.717, 1.165) is 16.9 Å². The molecule has 0 bridgehead atoms. The molecule has 1 N–H and O–H groups in total. The molecule has 0 fully saturated rings. The van der Waals surface area contributed by atoms with E-state index in [0.29, 0.717) is 18.3 Å². The third-order valence-electron chi connectivity index (χ3n) is 3.01. The summed E-state index contributed by atoms with van der Waals surface area (Å²) in [4.78, 5) is 0. The quantitative estimate of drug-likeness (QED) is 0.873. The Labute approximate surface area is 102 Å². The van der Waals surface area contributed by atoms with Crippen LogP contribution < -0.4 is 4.74 Å². The zero-order chi connectivity index (χ0) is 12.4. The van der Waals surface area contributed by atoms with Crippen molar-refractivity contribution >= 4 is 6.08 Å². The van der Waals surface area contributed by atoms with Crippen LogP contribution in [0.2, 0.25) is 0 Å². The van der Waals surface area contributed by atoms with Crippen molar-refractivity contribution in [2.24, 2.45) is 0 Å². The SMILES string of the molecule is COc1cc(C(C)C)cc2c1C=C(CO)OC2. The van der Waals surface area contributed by atoms with Crippen LogP contribution in [0.3, 0.4) is 0 Å². The number of aliphatic hydroxyl groups excluding tert-OH is 1. The Kier molecular flexibility index (Phi) is 3.38. The van der Waals surface area contributed by atoms with Crippen molar-refractivity contribution in [3.63, 3.8) is 0 Å². The van der Waals surface area contributed by atoms with Crippen LogP contribution in [-0.4, -0.2) is 18.8 Å². The van der Waals surface area contributed by atoms with Crippen LogP contribution in [0.4, 0.5) is 0 Å². The summed E-state index contributed by atoms with van der Waals surface area (Å²) >= 11 is 0. The van der Waals surface area contributed by atoms with E-state index in [1.165, 1.54) is 5.56 Å². The van der Waals surface area contributed by atoms with Crippen LogP contribution in [0.15, 0.2) is 17.9 Å². The minimum atomic E-state index is -0.0749. The lowest BCUT2D eigenvalue weighted by atomic mass is 9.95. The summed E-state index contributed by atoms with van der Waals surface area (Å²) < 4.78 is 10.9. The number of hydrogen-bond acceptors (Lipinski definition) is 3. The minimum Gasteiger partial charge on any atom is -0.496 e. The van der Waals surface area contributed by atoms with Crippen LogP contribution in [0.1, 0.15) is 36.5 Å². The van der Waals surface area contributed by atoms with Gasteiger partial charge in [-0.25, -0.2) is 0 Å². The number of rotatable bonds is 3. The molecule has 1 heterocycles. The zero-order valence-electron chi connectivity index (χ0n) is 10.5. The summed E-state index contributed by atoms with van der Waals surface area (Å²) in [6.07, 6.45) is 1.85. The molecular weight excluding hydrogens is 216 g/mol. The lowest BCUT2D eigenvalue weighted by Gasteiger charge is -2.21. The third kappa shape index (κ3) is 2.29. The van der Waals surface area contributed by atoms with Crippen molar-refractivity contribution in [2.75, 3.05) is 13.7 Å². The Morgan fingerprint density at radius 3 is 2.76 bits per heavy atom. The number of methoxy groups -OCH3 is 1. The van der Waals surface area contributed by atoms with Gasteiger partial charge in [-0.1, -0.05) is 19.9 Å². The maximum Gasteiger partial charge on any atom is 0.126 e. The average molecular weight is 234 g/mol. The lowest BCUT2D eigenvalue weighted by molar-refractivity contribution is 0.149. The van der Waals surface area contributed by atoms with Crippen LogP contribution in [0.25, 0.3) is 6.08 Å². The summed E-state index contributed by atoms with van der Waals surface area (Å²) in [7, 11) is 1.67. The van der Waals surface area contributed by atoms with Gasteiger partial charge in [0.1, 0.15) is 24.7 Å². The van der Waals surface area contributed by atoms with Gasteiger partial charge in [-0.15, -0.1) is 0 Å². The van der Waals surface area contributed by atoms with Gasteiger partial charge in [0.15, 0.2) is 0 Å². The van der Waals surface area contributed by atoms with Crippen molar-refractivity contribution in [1.82, 2.24) is 0 Å². The molecule has 3 heteroatoms. The molecule has 0 saturated heterocycles. The van der Waals surface area contributed by atoms with Gasteiger partial charge in [-0.3, -0.25) is 0 Å². The fraction of sp³-hybridized carbons (Fsp3) is 0.429. The van der Waals surface area contributed by atoms with Gasteiger partial charge in [0, 0.05) is 11.1 Å². The molecule has 0 unspecified atom stereocenters. The highest BCUT2D eigenvalue weighted by molar-refractivity contribution is 5.65. The average Bonchev–Trinajstić information content (AvgIpc) is 2.36. The molecule has 92 valence electrons. The molecule has 0 aliphatic carbocycles. The molecule has 0 atom stereocenters. The van der Waals surface area contributed by atoms with Crippen molar-refractivity contribution in [3.8, 4) is 5.75 Å². The third-order valence-corrected chi connectivity index (χ3v) is 3.01. The first-order chi connectivity index (χ1) is 8.15. The van der Waals surface area contributed by atoms with Gasteiger partial charge < -0.3 is 14.6 Å². The summed E-state index contributed by atoms with van der Waals surface area (Å²) in [6, 6.07) is 4.20. The van der Waals surface area contributed by atoms with Gasteiger partial charge in [0.25, 0.3) is 0 Å². The van der Waals surface area contributed by atoms with Gasteiger partial charge in [0.2, 0.25) is 0 Å². The van der Waals surface area contributed by atoms with E-state index in [4.69, 9.17) is 14.6 Å². The maximum atomic E-state index is 9.09. The molecule has 0 aromatic heterocycles. The molecule has 1 aromatic rings. The van der Waals surface area contributed by atoms with E-state index in [-0.39, 0.29) is 6.61 Å². The predicted octanol–water partition coefficient (Wildman–Crippen LogP) is 2.68. The molecular formula is C14H18O3. The summed E-state index contributed by atoms with van der Waals surface area (Å²) in [5.41, 5.74) is 3.38. The van der Waals surface area contributed by atoms with Crippen LogP contribution >= 0.6 is 0 Å². The van der Waals surface area contributed by atoms with Crippen molar-refractivity contribution in [2.45, 2.75) is 26.4 Å². The van der Waals surface area contributed by atoms with Gasteiger partial charge in [0.05, 0.1) is 7.11 Å². The highest BCUT2D eigenvalue weighted by Gasteiger charge is 2.17. The van der Waals surface area contributed by atoms with E-state index in [1.807, 2.05) is 6.08 Å². The fourth-order valence-electron chi connectivity index (χ4n) is 1.96. The number of benzene rings is 1. The molecule has 2 rings (SSSR count). The van der Waals surface area contributed by atoms with E-state index in [2.05, 4.69) is 26.0 Å². The number of hydrogen-bond donors (Lipinski definition) is 1. The standard InChI is InChI=1S/C14H18O3/c1-9(2)10-4-11-8-17-12(7-15)6-13(11)14(5-10)16-3/h4-6,9,15H,7-8H2,1-3H3. The van der Waals surface area contributed by atoms with E-state index in [9.17, 15) is 0 Å². The van der Waals surface area contributed by atoms with Crippen LogP contribution in [0.5, 0.6) is 5.75 Å². The Morgan fingerprint density at radius 1 is 1.41 bits per heavy atom. The van der Waals surface area contributed by atoms with Crippen molar-refractivity contribution < 1.29 is 14.6 Å². The molecule has 0 spiro atoms. The first kappa shape index (κ1) is 12.0. The highest BCUT2D eigenvalue weighted by atomic mass is 16.5. The van der Waals surface area contributed by atoms with Gasteiger partial charge >= 0.3 is 0 Å². The first-order valence-corrected chi connectivity index (χ1v) is 5.80. The molecule has 1 aliphatic heterocycles. The van der Waals surface area contributed by atoms with Gasteiger partial charge in [-0.2, -0.15) is 0 Å². The Balaban J connectivity index is 2.52. The molecule has 0 amide bonds. The minimum absolute atomic E-state index is 0.0749. The molecule has 0 radical (unpaired) electrons. The molecule has 17 heavy (non-hydrogen) atoms. The Morgan fingerprint density at radius 2 is 2.18 bits per heavy atom. The normalized spacial score (nSPS) is 14.1. The molecule has 0 saturated carbocycles. The topological polar surface area (TPSA) is 38.7 Å². The second-order valence-corrected chi connectivity index (χ2v) is 4.51. The number of fused-ring (bicyclic) bond motifs is 1. The lowest BCUT2D eigenvalue weighted by Crippen LogP contribution is -2.08. The summed E-state index contributed by atoms with van der Waals surface area (Å²) in [5, 5.41) is 9.09. The monoisotopic (exact) mass is 234 g/mol. The number of aliphatic hydroxyl groups is 1. The van der Waals surface area contributed by atoms with Gasteiger partial charge in [-0.05, 0) is 23.6 Å². The highest BCUT2D eigenvalue weighted by Crippen LogP contribution is 2.33.